The molecule has 1 aliphatic rings. The Hall–Kier alpha value is 2.80. The molecule has 1 unspecified atom stereocenters. The summed E-state index contributed by atoms with van der Waals surface area (Å²) < 4.78 is 1.16. The van der Waals surface area contributed by atoms with Crippen LogP contribution in [0.3, 0.4) is 0 Å². The van der Waals surface area contributed by atoms with Gasteiger partial charge in [-0.15, -0.1) is 47.0 Å². The first-order chi connectivity index (χ1) is 10.7. The van der Waals surface area contributed by atoms with Crippen LogP contribution in [0.5, 0.6) is 0 Å². The van der Waals surface area contributed by atoms with Gasteiger partial charge in [-0.2, -0.15) is 47.9 Å². The topological polar surface area (TPSA) is 0 Å². The lowest BCUT2D eigenvalue weighted by Gasteiger charge is -2.31. The van der Waals surface area contributed by atoms with Crippen molar-refractivity contribution in [3.05, 3.63) is 0 Å². The van der Waals surface area contributed by atoms with Crippen LogP contribution in [0.25, 0.3) is 0 Å². The molecular formula is C14H28S8. The first kappa shape index (κ1) is 22.8. The summed E-state index contributed by atoms with van der Waals surface area (Å²) in [6.45, 7) is 2.47. The zero-order chi connectivity index (χ0) is 16.1. The van der Waals surface area contributed by atoms with E-state index in [9.17, 15) is 0 Å². The maximum Gasteiger partial charge on any atom is 0.0792 e. The molecule has 0 saturated carbocycles. The lowest BCUT2D eigenvalue weighted by molar-refractivity contribution is 1.01. The van der Waals surface area contributed by atoms with Crippen molar-refractivity contribution in [1.82, 2.24) is 0 Å². The molecule has 1 aliphatic heterocycles. The highest BCUT2D eigenvalue weighted by Gasteiger charge is 2.39. The Morgan fingerprint density at radius 3 is 2.00 bits per heavy atom. The van der Waals surface area contributed by atoms with E-state index in [0.717, 1.165) is 10.3 Å². The zero-order valence-electron chi connectivity index (χ0n) is 13.5. The summed E-state index contributed by atoms with van der Waals surface area (Å²) in [5.41, 5.74) is 0. The van der Waals surface area contributed by atoms with E-state index in [2.05, 4.69) is 84.6 Å². The average Bonchev–Trinajstić information content (AvgIpc) is 2.96. The average molecular weight is 453 g/mol. The fraction of sp³-hybridized carbons (Fsp3) is 1.00. The third kappa shape index (κ3) is 10.1. The summed E-state index contributed by atoms with van der Waals surface area (Å²) in [4.78, 5) is 0. The van der Waals surface area contributed by atoms with Gasteiger partial charge in [0, 0.05) is 51.8 Å². The summed E-state index contributed by atoms with van der Waals surface area (Å²) >= 11 is 19.2. The molecule has 132 valence electrons. The van der Waals surface area contributed by atoms with E-state index in [1.807, 2.05) is 23.5 Å². The zero-order valence-corrected chi connectivity index (χ0v) is 20.1. The molecule has 0 aromatic carbocycles. The van der Waals surface area contributed by atoms with Gasteiger partial charge in [0.05, 0.1) is 8.66 Å². The van der Waals surface area contributed by atoms with E-state index < -0.39 is 0 Å². The summed E-state index contributed by atoms with van der Waals surface area (Å²) in [5, 5.41) is 0. The van der Waals surface area contributed by atoms with Crippen LogP contribution < -0.4 is 0 Å². The third-order valence-electron chi connectivity index (χ3n) is 2.95. The molecule has 0 radical (unpaired) electrons. The van der Waals surface area contributed by atoms with Crippen LogP contribution in [0.2, 0.25) is 0 Å². The van der Waals surface area contributed by atoms with E-state index >= 15 is 0 Å². The number of hydrogen-bond donors (Lipinski definition) is 1. The van der Waals surface area contributed by atoms with Crippen LogP contribution in [-0.2, 0) is 0 Å². The lowest BCUT2D eigenvalue weighted by Crippen LogP contribution is -2.26. The molecule has 1 heterocycles. The number of thiol groups is 1. The van der Waals surface area contributed by atoms with Gasteiger partial charge in [0.15, 0.2) is 0 Å². The van der Waals surface area contributed by atoms with E-state index in [1.54, 1.807) is 0 Å². The lowest BCUT2D eigenvalue weighted by atomic mass is 10.5. The summed E-state index contributed by atoms with van der Waals surface area (Å²) in [5.74, 6) is 12.6. The van der Waals surface area contributed by atoms with Crippen LogP contribution >= 0.6 is 95.0 Å². The Balaban J connectivity index is 2.25. The van der Waals surface area contributed by atoms with Crippen molar-refractivity contribution in [2.24, 2.45) is 0 Å². The van der Waals surface area contributed by atoms with Crippen molar-refractivity contribution >= 4 is 95.0 Å². The summed E-state index contributed by atoms with van der Waals surface area (Å²) in [6.07, 6.45) is 2.20. The van der Waals surface area contributed by atoms with Crippen LogP contribution in [0, 0.1) is 0 Å². The van der Waals surface area contributed by atoms with Crippen molar-refractivity contribution in [1.29, 1.82) is 0 Å². The van der Waals surface area contributed by atoms with Crippen molar-refractivity contribution in [3.8, 4) is 0 Å². The van der Waals surface area contributed by atoms with Crippen molar-refractivity contribution in [2.45, 2.75) is 15.6 Å². The second kappa shape index (κ2) is 14.9. The Morgan fingerprint density at radius 1 is 0.909 bits per heavy atom. The number of hydrogen-bond acceptors (Lipinski definition) is 8. The van der Waals surface area contributed by atoms with Crippen LogP contribution in [0.1, 0.15) is 6.92 Å². The summed E-state index contributed by atoms with van der Waals surface area (Å²) in [6, 6.07) is 0. The second-order valence-corrected chi connectivity index (χ2v) is 14.7. The van der Waals surface area contributed by atoms with Crippen molar-refractivity contribution in [2.75, 3.05) is 63.8 Å². The number of thioether (sulfide) groups is 7. The monoisotopic (exact) mass is 452 g/mol. The first-order valence-corrected chi connectivity index (χ1v) is 15.9. The fourth-order valence-corrected chi connectivity index (χ4v) is 11.8. The predicted octanol–water partition coefficient (Wildman–Crippen LogP) is 5.73. The van der Waals surface area contributed by atoms with Gasteiger partial charge in [-0.1, -0.05) is 0 Å². The van der Waals surface area contributed by atoms with Gasteiger partial charge in [-0.05, 0) is 18.9 Å². The van der Waals surface area contributed by atoms with Gasteiger partial charge in [0.2, 0.25) is 0 Å². The Bertz CT molecular complexity index is 257. The molecule has 1 atom stereocenters. The third-order valence-corrected chi connectivity index (χ3v) is 14.1. The SMILES string of the molecule is CSCCSCCSC(SCCSCCS)C1(C)SCCS1. The van der Waals surface area contributed by atoms with Gasteiger partial charge in [0.25, 0.3) is 0 Å². The molecule has 22 heavy (non-hydrogen) atoms. The smallest absolute Gasteiger partial charge is 0.0792 e. The minimum Gasteiger partial charge on any atom is -0.179 e. The van der Waals surface area contributed by atoms with Crippen molar-refractivity contribution < 1.29 is 0 Å². The molecule has 0 spiro atoms. The van der Waals surface area contributed by atoms with E-state index in [4.69, 9.17) is 0 Å². The van der Waals surface area contributed by atoms with Gasteiger partial charge in [0.1, 0.15) is 0 Å². The minimum atomic E-state index is 0.424. The highest BCUT2D eigenvalue weighted by Crippen LogP contribution is 2.53. The molecule has 0 aliphatic carbocycles. The van der Waals surface area contributed by atoms with Gasteiger partial charge < -0.3 is 0 Å². The molecule has 0 N–H and O–H groups in total. The van der Waals surface area contributed by atoms with E-state index in [0.29, 0.717) is 4.08 Å². The molecule has 8 heteroatoms. The second-order valence-electron chi connectivity index (χ2n) is 4.73. The minimum absolute atomic E-state index is 0.424. The van der Waals surface area contributed by atoms with Crippen LogP contribution in [0.15, 0.2) is 0 Å². The van der Waals surface area contributed by atoms with E-state index in [1.165, 1.54) is 51.8 Å². The molecule has 0 amide bonds. The van der Waals surface area contributed by atoms with E-state index in [-0.39, 0.29) is 0 Å². The normalized spacial score (nSPS) is 18.7. The molecule has 0 nitrogen and oxygen atoms in total. The first-order valence-electron chi connectivity index (χ1n) is 7.49. The van der Waals surface area contributed by atoms with Crippen LogP contribution in [0.4, 0.5) is 0 Å². The molecule has 1 rings (SSSR count). The van der Waals surface area contributed by atoms with Crippen molar-refractivity contribution in [3.63, 3.8) is 0 Å². The molecule has 1 saturated heterocycles. The largest absolute Gasteiger partial charge is 0.179 e. The molecule has 0 aromatic heterocycles. The maximum absolute atomic E-state index is 4.29. The molecule has 0 bridgehead atoms. The predicted molar refractivity (Wildman–Crippen MR) is 129 cm³/mol. The molecular weight excluding hydrogens is 425 g/mol. The fourth-order valence-electron chi connectivity index (χ4n) is 1.86. The Morgan fingerprint density at radius 2 is 1.45 bits per heavy atom. The molecule has 1 fully saturated rings. The standard InChI is InChI=1S/C14H28S8/c1-14(21-11-12-22-14)13(19-9-7-17-4-3-15)20-10-8-18-6-5-16-2/h13,15H,3-12H2,1-2H3. The maximum atomic E-state index is 4.29. The summed E-state index contributed by atoms with van der Waals surface area (Å²) in [7, 11) is 0. The Kier molecular flexibility index (Phi) is 15.5. The molecule has 0 aromatic rings. The Labute approximate surface area is 172 Å². The quantitative estimate of drug-likeness (QED) is 0.200. The highest BCUT2D eigenvalue weighted by atomic mass is 32.2. The number of rotatable bonds is 14. The highest BCUT2D eigenvalue weighted by molar-refractivity contribution is 8.26. The van der Waals surface area contributed by atoms with Crippen LogP contribution in [-0.4, -0.2) is 72.4 Å². The van der Waals surface area contributed by atoms with Gasteiger partial charge >= 0.3 is 0 Å². The van der Waals surface area contributed by atoms with Gasteiger partial charge in [-0.25, -0.2) is 0 Å². The van der Waals surface area contributed by atoms with Gasteiger partial charge in [-0.3, -0.25) is 0 Å².